The van der Waals surface area contributed by atoms with Crippen LogP contribution in [0.4, 0.5) is 28.4 Å². The molecule has 3 spiro atoms. The number of para-hydroxylation sites is 5. The molecule has 4 bridgehead atoms. The predicted molar refractivity (Wildman–Crippen MR) is 556 cm³/mol. The van der Waals surface area contributed by atoms with Gasteiger partial charge in [0.1, 0.15) is 27.0 Å². The highest BCUT2D eigenvalue weighted by atomic mass is 32.1. The summed E-state index contributed by atoms with van der Waals surface area (Å²) in [7, 11) is 8.98. The minimum absolute atomic E-state index is 0.0252. The van der Waals surface area contributed by atoms with Gasteiger partial charge in [-0.15, -0.1) is 11.3 Å². The van der Waals surface area contributed by atoms with Crippen LogP contribution in [0.3, 0.4) is 0 Å². The molecule has 14 nitrogen and oxygen atoms in total. The number of benzene rings is 5. The summed E-state index contributed by atoms with van der Waals surface area (Å²) in [6.07, 6.45) is 29.8. The van der Waals surface area contributed by atoms with E-state index in [0.717, 1.165) is 23.7 Å². The number of thiophene rings is 1. The van der Waals surface area contributed by atoms with Gasteiger partial charge in [0.25, 0.3) is 22.6 Å². The van der Waals surface area contributed by atoms with Crippen LogP contribution in [-0.4, -0.2) is 23.3 Å². The highest BCUT2D eigenvalue weighted by Gasteiger charge is 2.72. The fourth-order valence-electron chi connectivity index (χ4n) is 32.1. The van der Waals surface area contributed by atoms with Crippen molar-refractivity contribution in [3.63, 3.8) is 0 Å². The van der Waals surface area contributed by atoms with Crippen LogP contribution in [-0.2, 0) is 66.7 Å². The van der Waals surface area contributed by atoms with E-state index in [9.17, 15) is 0 Å². The average molecular weight is 1830 g/mol. The molecule has 15 aromatic rings. The van der Waals surface area contributed by atoms with Crippen LogP contribution in [0.5, 0.6) is 0 Å². The quantitative estimate of drug-likeness (QED) is 0.164. The van der Waals surface area contributed by atoms with E-state index in [1.165, 1.54) is 240 Å². The third-order valence-corrected chi connectivity index (χ3v) is 40.8. The minimum Gasteiger partial charge on any atom is -0.353 e. The molecule has 10 aromatic heterocycles. The summed E-state index contributed by atoms with van der Waals surface area (Å²) in [6.45, 7) is 47.9. The molecule has 0 amide bonds. The first-order chi connectivity index (χ1) is 65.1. The molecule has 0 N–H and O–H groups in total. The Morgan fingerprint density at radius 3 is 1.11 bits per heavy atom. The molecular formula is C121H146N14S+4. The lowest BCUT2D eigenvalue weighted by Crippen LogP contribution is -2.64. The third-order valence-electron chi connectivity index (χ3n) is 39.5. The molecule has 28 rings (SSSR count). The van der Waals surface area contributed by atoms with Crippen LogP contribution in [0, 0.1) is 69.1 Å². The summed E-state index contributed by atoms with van der Waals surface area (Å²) in [6, 6.07) is 73.2. The number of hydrogen-bond acceptors (Lipinski definition) is 7. The Labute approximate surface area is 812 Å². The lowest BCUT2D eigenvalue weighted by Gasteiger charge is -2.62. The molecule has 13 aliphatic rings. The Bertz CT molecular complexity index is 7320. The Balaban J connectivity index is 0.0000000957. The van der Waals surface area contributed by atoms with E-state index >= 15 is 0 Å². The fraction of sp³-hybridized carbons (Fsp3) is 0.463. The minimum atomic E-state index is -0.115. The molecule has 702 valence electrons. The van der Waals surface area contributed by atoms with E-state index in [1.54, 1.807) is 5.69 Å². The van der Waals surface area contributed by atoms with Crippen LogP contribution in [0.25, 0.3) is 32.8 Å². The maximum Gasteiger partial charge on any atom is 0.286 e. The van der Waals surface area contributed by atoms with Crippen molar-refractivity contribution in [1.82, 2.24) is 23.3 Å². The average Bonchev–Trinajstić information content (AvgIpc) is 1.47. The van der Waals surface area contributed by atoms with Crippen molar-refractivity contribution in [2.45, 2.75) is 297 Å². The van der Waals surface area contributed by atoms with E-state index < -0.39 is 0 Å². The van der Waals surface area contributed by atoms with Crippen LogP contribution in [0.15, 0.2) is 225 Å². The molecule has 0 radical (unpaired) electrons. The Morgan fingerprint density at radius 1 is 0.331 bits per heavy atom. The summed E-state index contributed by atoms with van der Waals surface area (Å²) < 4.78 is 19.7. The summed E-state index contributed by atoms with van der Waals surface area (Å²) in [5.41, 5.74) is 36.2. The number of pyridine rings is 5. The van der Waals surface area contributed by atoms with Crippen molar-refractivity contribution < 1.29 is 17.6 Å². The molecule has 0 saturated heterocycles. The summed E-state index contributed by atoms with van der Waals surface area (Å²) in [5, 5.41) is 1.34. The van der Waals surface area contributed by atoms with Crippen molar-refractivity contribution in [1.29, 1.82) is 0 Å². The zero-order valence-corrected chi connectivity index (χ0v) is 86.4. The van der Waals surface area contributed by atoms with Crippen molar-refractivity contribution in [2.24, 2.45) is 62.7 Å². The number of fused-ring (bicyclic) bond motifs is 25. The summed E-state index contributed by atoms with van der Waals surface area (Å²) in [5.74, 6) is 3.48. The Hall–Kier alpha value is -11.0. The molecular weight excluding hydrogens is 1680 g/mol. The molecule has 15 heteroatoms. The largest absolute Gasteiger partial charge is 0.353 e. The number of anilines is 5. The number of aryl methyl sites for hydroxylation is 9. The number of nitrogens with zero attached hydrogens (tertiary/aromatic N) is 14. The predicted octanol–water partition coefficient (Wildman–Crippen LogP) is 26.4. The lowest BCUT2D eigenvalue weighted by atomic mass is 9.47. The van der Waals surface area contributed by atoms with Gasteiger partial charge in [-0.1, -0.05) is 209 Å². The number of imidazole rings is 4. The van der Waals surface area contributed by atoms with Gasteiger partial charge >= 0.3 is 0 Å². The molecule has 7 aliphatic heterocycles. The zero-order chi connectivity index (χ0) is 94.8. The van der Waals surface area contributed by atoms with E-state index in [0.29, 0.717) is 30.2 Å². The van der Waals surface area contributed by atoms with Crippen molar-refractivity contribution in [2.75, 3.05) is 24.5 Å². The molecule has 136 heavy (non-hydrogen) atoms. The van der Waals surface area contributed by atoms with Gasteiger partial charge in [0, 0.05) is 85.6 Å². The van der Waals surface area contributed by atoms with Gasteiger partial charge in [-0.2, -0.15) is 17.6 Å². The van der Waals surface area contributed by atoms with Crippen LogP contribution in [0.1, 0.15) is 319 Å². The van der Waals surface area contributed by atoms with Crippen LogP contribution in [0.2, 0.25) is 0 Å². The van der Waals surface area contributed by atoms with Crippen LogP contribution < -0.4 is 42.1 Å². The van der Waals surface area contributed by atoms with Crippen molar-refractivity contribution >= 4 is 72.6 Å². The SMILES string of the molecule is Cc1cccc2c1N1C(C)c3c([n+]4ccccc4n3C)C1(C)C(C)(C)C2(C)C.Cc1cccc2c1N1C(C)c3sc4ncccc4c3C1(C)C(C)(C)C2(C)C.Cc1ccccc1N1C(C)c2c([n+]3ccccc3n2C)C12C1CC3CC(C1)CC2C3.Cc1ccccc1N1C(C)c2c([n+]3ccccc3n2C)C12CCCC2.Cc1ccccc1N1C(C)c2c([n+]3ccccc3n2C)C12CCCCC2. The zero-order valence-electron chi connectivity index (χ0n) is 85.6. The lowest BCUT2D eigenvalue weighted by molar-refractivity contribution is -0.528. The molecule has 7 atom stereocenters. The fourth-order valence-corrected chi connectivity index (χ4v) is 33.4. The van der Waals surface area contributed by atoms with Crippen molar-refractivity contribution in [3.05, 3.63) is 320 Å². The highest BCUT2D eigenvalue weighted by Crippen LogP contribution is 2.73. The van der Waals surface area contributed by atoms with Gasteiger partial charge in [-0.3, -0.25) is 0 Å². The maximum absolute atomic E-state index is 4.69. The molecule has 7 unspecified atom stereocenters. The molecule has 17 heterocycles. The van der Waals surface area contributed by atoms with Gasteiger partial charge in [-0.05, 0) is 263 Å². The summed E-state index contributed by atoms with van der Waals surface area (Å²) >= 11 is 1.89. The van der Waals surface area contributed by atoms with Gasteiger partial charge < -0.3 is 24.5 Å². The van der Waals surface area contributed by atoms with Crippen molar-refractivity contribution in [3.8, 4) is 0 Å². The molecule has 5 aromatic carbocycles. The molecule has 6 fully saturated rings. The standard InChI is InChI=1S/C27H32N3.C25H32N3.C24H28N2S.C23H28N3.C22H26N3/c1-17-8-4-5-9-23(17)30-18(2)25-26(29-11-7-6-10-24(29)28(25)3)27(30)21-13-19-12-20(15-21)16-22(27)14-19;1-16-12-11-13-18-20(16)28-17(2)21-22(25(28,7)24(5,6)23(18,3)4)27-15-10-9-14-19(27)26(21)8;1-14-10-8-12-17-19(14)26-15(2)20-18(16-11-9-13-25-21(16)27-20)24(26,7)23(5,6)22(17,3)4;1-17-11-5-6-12-19(17)26-18(2)21-22(23(26)14-8-4-9-15-23)25-16-10-7-13-20(25)24(21)3;1-16-10-4-5-11-18(16)25-17(2)20-21(22(25)13-7-8-14-22)24-15-9-6-12-19(24)23(20)3/h4-11,18-22H,12-16H2,1-3H3;9-15,17H,1-8H3;8-13,15H,1-7H3;5-7,10-13,16,18H,4,8-9,14-15H2,1-3H3;4-6,9-12,15,17H,7-8,13-14H2,1-3H3/q2*+1;;2*+1. The number of aromatic nitrogens is 9. The van der Waals surface area contributed by atoms with E-state index in [2.05, 4.69) is 446 Å². The first-order valence-electron chi connectivity index (χ1n) is 51.8. The monoisotopic (exact) mass is 1830 g/mol. The van der Waals surface area contributed by atoms with Crippen LogP contribution >= 0.6 is 11.3 Å². The first-order valence-corrected chi connectivity index (χ1v) is 52.6. The topological polar surface area (TPSA) is 65.2 Å². The normalized spacial score (nSPS) is 27.0. The second-order valence-corrected chi connectivity index (χ2v) is 47.3. The maximum atomic E-state index is 4.69. The van der Waals surface area contributed by atoms with Gasteiger partial charge in [0.2, 0.25) is 0 Å². The molecule has 6 aliphatic carbocycles. The highest BCUT2D eigenvalue weighted by molar-refractivity contribution is 7.19. The van der Waals surface area contributed by atoms with E-state index in [-0.39, 0.29) is 49.4 Å². The summed E-state index contributed by atoms with van der Waals surface area (Å²) in [4.78, 5) is 21.2. The smallest absolute Gasteiger partial charge is 0.286 e. The Morgan fingerprint density at radius 2 is 0.676 bits per heavy atom. The second-order valence-electron chi connectivity index (χ2n) is 46.2. The number of hydrogen-bond donors (Lipinski definition) is 0. The Kier molecular flexibility index (Phi) is 20.3. The molecule has 6 saturated carbocycles. The van der Waals surface area contributed by atoms with Gasteiger partial charge in [-0.25, -0.2) is 23.3 Å². The third kappa shape index (κ3) is 11.4. The van der Waals surface area contributed by atoms with E-state index in [4.69, 9.17) is 4.98 Å². The van der Waals surface area contributed by atoms with Gasteiger partial charge in [0.05, 0.1) is 88.7 Å². The first kappa shape index (κ1) is 88.9. The van der Waals surface area contributed by atoms with E-state index in [1.807, 2.05) is 17.5 Å². The van der Waals surface area contributed by atoms with Gasteiger partial charge in [0.15, 0.2) is 45.6 Å². The number of rotatable bonds is 3. The second kappa shape index (κ2) is 31.0.